The molecule has 0 radical (unpaired) electrons. The topological polar surface area (TPSA) is 193 Å². The van der Waals surface area contributed by atoms with E-state index >= 15 is 0 Å². The van der Waals surface area contributed by atoms with Gasteiger partial charge in [0.25, 0.3) is 0 Å². The molecule has 0 spiro atoms. The first-order valence-electron chi connectivity index (χ1n) is 22.9. The van der Waals surface area contributed by atoms with Gasteiger partial charge in [-0.2, -0.15) is 0 Å². The van der Waals surface area contributed by atoms with Gasteiger partial charge in [0, 0.05) is 40.9 Å². The summed E-state index contributed by atoms with van der Waals surface area (Å²) in [7, 11) is 0. The number of aliphatic carboxylic acids is 1. The van der Waals surface area contributed by atoms with E-state index in [1.54, 1.807) is 18.3 Å². The van der Waals surface area contributed by atoms with E-state index in [4.69, 9.17) is 5.73 Å². The average Bonchev–Trinajstić information content (AvgIpc) is 3.81. The molecular weight excluding hydrogens is 767 g/mol. The number of phenolic OH excluding ortho intramolecular Hbond substituents is 2. The molecule has 10 heteroatoms. The molecule has 0 bridgehead atoms. The van der Waals surface area contributed by atoms with Gasteiger partial charge >= 0.3 is 5.97 Å². The Bertz CT molecular complexity index is 2060. The van der Waals surface area contributed by atoms with E-state index in [0.717, 1.165) is 66.6 Å². The number of aliphatic hydroxyl groups is 3. The van der Waals surface area contributed by atoms with Crippen molar-refractivity contribution < 1.29 is 35.4 Å². The highest BCUT2D eigenvalue weighted by molar-refractivity contribution is 5.83. The van der Waals surface area contributed by atoms with Crippen LogP contribution in [0.3, 0.4) is 0 Å². The Morgan fingerprint density at radius 1 is 0.852 bits per heavy atom. The summed E-state index contributed by atoms with van der Waals surface area (Å²) in [6.45, 7) is 2.21. The van der Waals surface area contributed by atoms with Crippen molar-refractivity contribution in [3.8, 4) is 33.9 Å². The summed E-state index contributed by atoms with van der Waals surface area (Å²) in [6, 6.07) is 20.5. The Hall–Kier alpha value is -4.64. The van der Waals surface area contributed by atoms with Crippen LogP contribution < -0.4 is 5.73 Å². The van der Waals surface area contributed by atoms with E-state index in [1.807, 2.05) is 42.5 Å². The number of unbranched alkanes of at least 4 members (excludes halogenated alkanes) is 3. The van der Waals surface area contributed by atoms with Crippen LogP contribution in [-0.2, 0) is 11.2 Å². The molecule has 2 aromatic heterocycles. The number of carboxylic acids is 1. The lowest BCUT2D eigenvalue weighted by molar-refractivity contribution is -0.150. The van der Waals surface area contributed by atoms with Gasteiger partial charge in [-0.15, -0.1) is 0 Å². The maximum Gasteiger partial charge on any atom is 0.309 e. The van der Waals surface area contributed by atoms with Gasteiger partial charge in [-0.3, -0.25) is 4.79 Å². The van der Waals surface area contributed by atoms with Crippen molar-refractivity contribution in [2.75, 3.05) is 5.73 Å². The molecule has 2 heterocycles. The van der Waals surface area contributed by atoms with Crippen molar-refractivity contribution in [1.29, 1.82) is 0 Å². The zero-order valence-corrected chi connectivity index (χ0v) is 35.7. The largest absolute Gasteiger partial charge is 0.508 e. The lowest BCUT2D eigenvalue weighted by Crippen LogP contribution is -2.42. The monoisotopic (exact) mass is 833 g/mol. The standard InChI is InChI=1S/C51H67N3O7/c1-2-3-5-10-32-15-16-36(46(58)25-32)13-8-9-14-37-17-18-41(44-30-42(35-11-6-4-7-12-35)49(54-44)38-27-39(55)29-40(56)28-38)43-24-34(23-33-20-22-53-47(52)26-33)31-51(43,61)21-19-45(57)48(37)50(59)60/h4,6-7,11-12,15-16,20,22,26-30,32,34,36-37,41,43,45-46,48,54-58,61H,2-3,5,8-10,13-14,17-19,21,23-25,31H2,1H3,(H2,52,53)(H,59,60). The van der Waals surface area contributed by atoms with Crippen LogP contribution in [0.15, 0.2) is 85.1 Å². The molecule has 0 aliphatic heterocycles. The molecule has 2 aromatic carbocycles. The quantitative estimate of drug-likeness (QED) is 0.0425. The van der Waals surface area contributed by atoms with Crippen molar-refractivity contribution in [1.82, 2.24) is 9.97 Å². The molecule has 328 valence electrons. The van der Waals surface area contributed by atoms with Crippen LogP contribution in [0.1, 0.15) is 120 Å². The number of allylic oxidation sites excluding steroid dienone is 1. The second-order valence-electron chi connectivity index (χ2n) is 18.7. The molecule has 0 saturated heterocycles. The third-order valence-electron chi connectivity index (χ3n) is 14.4. The zero-order valence-electron chi connectivity index (χ0n) is 35.7. The molecule has 2 fully saturated rings. The fourth-order valence-corrected chi connectivity index (χ4v) is 11.4. The molecule has 10 unspecified atom stereocenters. The van der Waals surface area contributed by atoms with Crippen molar-refractivity contribution in [2.45, 2.75) is 133 Å². The van der Waals surface area contributed by atoms with E-state index in [1.165, 1.54) is 25.3 Å². The number of nitrogens with two attached hydrogens (primary N) is 1. The molecule has 2 saturated carbocycles. The molecule has 4 aromatic rings. The molecule has 9 N–H and O–H groups in total. The number of aromatic nitrogens is 2. The second kappa shape index (κ2) is 20.0. The minimum absolute atomic E-state index is 0.0599. The molecule has 3 aliphatic rings. The Morgan fingerprint density at radius 3 is 2.33 bits per heavy atom. The number of aromatic amines is 1. The first-order valence-corrected chi connectivity index (χ1v) is 22.9. The van der Waals surface area contributed by atoms with Crippen LogP contribution in [0.2, 0.25) is 0 Å². The van der Waals surface area contributed by atoms with Crippen LogP contribution in [0.5, 0.6) is 11.5 Å². The summed E-state index contributed by atoms with van der Waals surface area (Å²) in [5.41, 5.74) is 10.1. The normalized spacial score (nSPS) is 29.3. The minimum Gasteiger partial charge on any atom is -0.508 e. The fourth-order valence-electron chi connectivity index (χ4n) is 11.4. The molecule has 10 nitrogen and oxygen atoms in total. The van der Waals surface area contributed by atoms with Crippen LogP contribution in [-0.4, -0.2) is 64.4 Å². The molecule has 0 amide bonds. The summed E-state index contributed by atoms with van der Waals surface area (Å²) in [5, 5.41) is 67.5. The van der Waals surface area contributed by atoms with Crippen molar-refractivity contribution in [2.24, 2.45) is 35.5 Å². The van der Waals surface area contributed by atoms with E-state index in [-0.39, 0.29) is 60.0 Å². The summed E-state index contributed by atoms with van der Waals surface area (Å²) in [6.07, 6.45) is 16.9. The van der Waals surface area contributed by atoms with E-state index in [0.29, 0.717) is 49.4 Å². The number of carbonyl (C=O) groups is 1. The van der Waals surface area contributed by atoms with E-state index in [9.17, 15) is 35.4 Å². The summed E-state index contributed by atoms with van der Waals surface area (Å²) in [4.78, 5) is 21.0. The smallest absolute Gasteiger partial charge is 0.309 e. The van der Waals surface area contributed by atoms with E-state index < -0.39 is 23.6 Å². The lowest BCUT2D eigenvalue weighted by atomic mass is 9.69. The molecule has 7 rings (SSSR count). The summed E-state index contributed by atoms with van der Waals surface area (Å²) >= 11 is 0. The van der Waals surface area contributed by atoms with E-state index in [2.05, 4.69) is 35.1 Å². The summed E-state index contributed by atoms with van der Waals surface area (Å²) < 4.78 is 0. The third kappa shape index (κ3) is 10.9. The number of nitrogens with zero attached hydrogens (tertiary/aromatic N) is 1. The number of pyridine rings is 1. The Balaban J connectivity index is 1.19. The highest BCUT2D eigenvalue weighted by atomic mass is 16.4. The Labute approximate surface area is 361 Å². The first-order chi connectivity index (χ1) is 29.4. The van der Waals surface area contributed by atoms with Gasteiger partial charge < -0.3 is 41.4 Å². The number of carboxylic acid groups (broad SMARTS) is 1. The first kappa shape index (κ1) is 44.4. The number of benzene rings is 2. The van der Waals surface area contributed by atoms with Crippen LogP contribution >= 0.6 is 0 Å². The zero-order chi connectivity index (χ0) is 43.1. The number of rotatable bonds is 15. The number of nitrogens with one attached hydrogen (secondary N) is 1. The van der Waals surface area contributed by atoms with Crippen LogP contribution in [0, 0.1) is 35.5 Å². The fraction of sp³-hybridized carbons (Fsp3) is 0.529. The number of phenols is 2. The van der Waals surface area contributed by atoms with Crippen molar-refractivity contribution >= 4 is 11.8 Å². The minimum atomic E-state index is -1.17. The van der Waals surface area contributed by atoms with Gasteiger partial charge in [-0.25, -0.2) is 4.98 Å². The molecular formula is C51H67N3O7. The molecule has 10 atom stereocenters. The highest BCUT2D eigenvalue weighted by Gasteiger charge is 2.51. The number of aromatic hydroxyl groups is 2. The molecule has 3 aliphatic carbocycles. The highest BCUT2D eigenvalue weighted by Crippen LogP contribution is 2.54. The summed E-state index contributed by atoms with van der Waals surface area (Å²) in [5.74, 6) is -1.70. The van der Waals surface area contributed by atoms with Gasteiger partial charge in [0.1, 0.15) is 17.3 Å². The third-order valence-corrected chi connectivity index (χ3v) is 14.4. The van der Waals surface area contributed by atoms with Gasteiger partial charge in [0.05, 0.1) is 29.4 Å². The Morgan fingerprint density at radius 2 is 1.61 bits per heavy atom. The Kier molecular flexibility index (Phi) is 14.6. The second-order valence-corrected chi connectivity index (χ2v) is 18.7. The number of hydrogen-bond acceptors (Lipinski definition) is 8. The predicted molar refractivity (Wildman–Crippen MR) is 240 cm³/mol. The molecule has 61 heavy (non-hydrogen) atoms. The SMILES string of the molecule is CCCCCC1C=CC(CCCCC2CCC(c3cc(-c4ccccc4)c(-c4cc(O)cc(O)c4)[nH]3)C3CC(Cc4ccnc(N)c4)CC3(O)CCC(O)C2C(=O)O)C(O)C1. The number of fused-ring (bicyclic) bond motifs is 1. The van der Waals surface area contributed by atoms with Gasteiger partial charge in [-0.1, -0.05) is 81.5 Å². The maximum atomic E-state index is 13.1. The van der Waals surface area contributed by atoms with Crippen molar-refractivity contribution in [3.63, 3.8) is 0 Å². The number of anilines is 1. The van der Waals surface area contributed by atoms with Crippen LogP contribution in [0.25, 0.3) is 22.4 Å². The predicted octanol–water partition coefficient (Wildman–Crippen LogP) is 9.77. The van der Waals surface area contributed by atoms with Crippen molar-refractivity contribution in [3.05, 3.63) is 96.3 Å². The van der Waals surface area contributed by atoms with Gasteiger partial charge in [-0.05, 0) is 136 Å². The maximum absolute atomic E-state index is 13.1. The van der Waals surface area contributed by atoms with Gasteiger partial charge in [0.15, 0.2) is 0 Å². The van der Waals surface area contributed by atoms with Crippen LogP contribution in [0.4, 0.5) is 5.82 Å². The number of aliphatic hydroxyl groups excluding tert-OH is 2. The van der Waals surface area contributed by atoms with Gasteiger partial charge in [0.2, 0.25) is 0 Å². The number of hydrogen-bond donors (Lipinski definition) is 8. The number of H-pyrrole nitrogens is 1. The number of nitrogen functional groups attached to an aromatic ring is 1. The average molecular weight is 834 g/mol. The lowest BCUT2D eigenvalue weighted by Gasteiger charge is -2.39.